The summed E-state index contributed by atoms with van der Waals surface area (Å²) in [6, 6.07) is 5.20. The predicted molar refractivity (Wildman–Crippen MR) is 81.5 cm³/mol. The van der Waals surface area contributed by atoms with E-state index in [1.54, 1.807) is 12.1 Å². The number of hydrogen-bond donors (Lipinski definition) is 2. The number of carbonyl (C=O) groups is 1. The Labute approximate surface area is 120 Å². The summed E-state index contributed by atoms with van der Waals surface area (Å²) in [7, 11) is 0. The Bertz CT molecular complexity index is 421. The molecule has 0 aliphatic carbocycles. The number of unbranched alkanes of at least 4 members (excludes halogenated alkanes) is 2. The molecule has 106 valence electrons. The summed E-state index contributed by atoms with van der Waals surface area (Å²) in [6.07, 6.45) is 6.17. The van der Waals surface area contributed by atoms with Crippen molar-refractivity contribution in [2.24, 2.45) is 5.73 Å². The van der Waals surface area contributed by atoms with Crippen molar-refractivity contribution >= 4 is 23.2 Å². The van der Waals surface area contributed by atoms with E-state index in [2.05, 4.69) is 6.92 Å². The fourth-order valence-electron chi connectivity index (χ4n) is 2.13. The quantitative estimate of drug-likeness (QED) is 0.435. The van der Waals surface area contributed by atoms with Gasteiger partial charge in [-0.2, -0.15) is 0 Å². The number of anilines is 1. The molecule has 3 nitrogen and oxygen atoms in total. The van der Waals surface area contributed by atoms with E-state index in [0.717, 1.165) is 31.2 Å². The number of benzene rings is 1. The standard InChI is InChI=1S/C15H23ClN2O/c1-2-3-4-5-12(16)7-6-11-10-13(17)8-9-14(11)15(18)19/h8-10,12H,2-7,17H2,1H3,(H2,18,19). The first kappa shape index (κ1) is 15.8. The van der Waals surface area contributed by atoms with E-state index in [1.165, 1.54) is 12.8 Å². The zero-order valence-corrected chi connectivity index (χ0v) is 12.2. The third-order valence-corrected chi connectivity index (χ3v) is 3.68. The van der Waals surface area contributed by atoms with Crippen LogP contribution in [0.25, 0.3) is 0 Å². The van der Waals surface area contributed by atoms with Gasteiger partial charge in [0, 0.05) is 16.6 Å². The highest BCUT2D eigenvalue weighted by Crippen LogP contribution is 2.19. The molecule has 0 aromatic heterocycles. The molecular weight excluding hydrogens is 260 g/mol. The first-order chi connectivity index (χ1) is 9.04. The Balaban J connectivity index is 2.56. The van der Waals surface area contributed by atoms with Crippen molar-refractivity contribution in [2.75, 3.05) is 5.73 Å². The highest BCUT2D eigenvalue weighted by atomic mass is 35.5. The first-order valence-electron chi connectivity index (χ1n) is 6.86. The highest BCUT2D eigenvalue weighted by Gasteiger charge is 2.11. The van der Waals surface area contributed by atoms with Gasteiger partial charge in [0.1, 0.15) is 0 Å². The van der Waals surface area contributed by atoms with Gasteiger partial charge in [0.25, 0.3) is 0 Å². The Hall–Kier alpha value is -1.22. The summed E-state index contributed by atoms with van der Waals surface area (Å²) in [4.78, 5) is 11.3. The largest absolute Gasteiger partial charge is 0.399 e. The lowest BCUT2D eigenvalue weighted by Crippen LogP contribution is -2.14. The second-order valence-corrected chi connectivity index (χ2v) is 5.53. The molecule has 0 heterocycles. The second kappa shape index (κ2) is 8.05. The van der Waals surface area contributed by atoms with E-state index in [0.29, 0.717) is 11.3 Å². The molecule has 1 atom stereocenters. The molecule has 0 aliphatic rings. The van der Waals surface area contributed by atoms with Gasteiger partial charge in [-0.05, 0) is 43.0 Å². The molecule has 0 saturated heterocycles. The molecule has 1 rings (SSSR count). The number of hydrogen-bond acceptors (Lipinski definition) is 2. The number of alkyl halides is 1. The predicted octanol–water partition coefficient (Wildman–Crippen LogP) is 3.49. The van der Waals surface area contributed by atoms with Crippen molar-refractivity contribution in [3.63, 3.8) is 0 Å². The van der Waals surface area contributed by atoms with Gasteiger partial charge in [-0.25, -0.2) is 0 Å². The number of amides is 1. The maximum Gasteiger partial charge on any atom is 0.248 e. The smallest absolute Gasteiger partial charge is 0.248 e. The first-order valence-corrected chi connectivity index (χ1v) is 7.30. The zero-order valence-electron chi connectivity index (χ0n) is 11.5. The van der Waals surface area contributed by atoms with E-state index in [4.69, 9.17) is 23.1 Å². The maximum atomic E-state index is 11.3. The summed E-state index contributed by atoms with van der Waals surface area (Å²) in [5.41, 5.74) is 13.2. The van der Waals surface area contributed by atoms with Crippen LogP contribution in [0, 0.1) is 0 Å². The van der Waals surface area contributed by atoms with E-state index >= 15 is 0 Å². The molecule has 0 bridgehead atoms. The van der Waals surface area contributed by atoms with Crippen LogP contribution in [-0.4, -0.2) is 11.3 Å². The Morgan fingerprint density at radius 1 is 1.32 bits per heavy atom. The van der Waals surface area contributed by atoms with E-state index in [-0.39, 0.29) is 5.38 Å². The van der Waals surface area contributed by atoms with Crippen LogP contribution in [-0.2, 0) is 6.42 Å². The molecule has 1 aromatic rings. The van der Waals surface area contributed by atoms with Crippen molar-refractivity contribution in [3.8, 4) is 0 Å². The van der Waals surface area contributed by atoms with Crippen LogP contribution in [0.4, 0.5) is 5.69 Å². The fraction of sp³-hybridized carbons (Fsp3) is 0.533. The summed E-state index contributed by atoms with van der Waals surface area (Å²) in [6.45, 7) is 2.18. The Morgan fingerprint density at radius 3 is 2.68 bits per heavy atom. The molecule has 1 aromatic carbocycles. The summed E-state index contributed by atoms with van der Waals surface area (Å²) < 4.78 is 0. The number of halogens is 1. The second-order valence-electron chi connectivity index (χ2n) is 4.91. The molecule has 0 aliphatic heterocycles. The molecule has 4 N–H and O–H groups in total. The number of nitrogen functional groups attached to an aromatic ring is 1. The number of rotatable bonds is 8. The molecule has 0 radical (unpaired) electrons. The molecule has 1 amide bonds. The molecule has 19 heavy (non-hydrogen) atoms. The number of carbonyl (C=O) groups excluding carboxylic acids is 1. The van der Waals surface area contributed by atoms with Crippen molar-refractivity contribution in [1.29, 1.82) is 0 Å². The molecule has 0 spiro atoms. The minimum atomic E-state index is -0.410. The average molecular weight is 283 g/mol. The van der Waals surface area contributed by atoms with Crippen LogP contribution < -0.4 is 11.5 Å². The molecule has 4 heteroatoms. The zero-order chi connectivity index (χ0) is 14.3. The van der Waals surface area contributed by atoms with Gasteiger partial charge in [0.05, 0.1) is 0 Å². The number of aryl methyl sites for hydroxylation is 1. The van der Waals surface area contributed by atoms with Crippen molar-refractivity contribution in [1.82, 2.24) is 0 Å². The topological polar surface area (TPSA) is 69.1 Å². The van der Waals surface area contributed by atoms with Gasteiger partial charge in [-0.3, -0.25) is 4.79 Å². The molecular formula is C15H23ClN2O. The minimum Gasteiger partial charge on any atom is -0.399 e. The van der Waals surface area contributed by atoms with Gasteiger partial charge in [-0.1, -0.05) is 26.2 Å². The van der Waals surface area contributed by atoms with Crippen LogP contribution in [0.3, 0.4) is 0 Å². The fourth-order valence-corrected chi connectivity index (χ4v) is 2.40. The molecule has 0 fully saturated rings. The third kappa shape index (κ3) is 5.52. The normalized spacial score (nSPS) is 12.3. The monoisotopic (exact) mass is 282 g/mol. The van der Waals surface area contributed by atoms with E-state index < -0.39 is 5.91 Å². The van der Waals surface area contributed by atoms with Crippen LogP contribution >= 0.6 is 11.6 Å². The third-order valence-electron chi connectivity index (χ3n) is 3.24. The van der Waals surface area contributed by atoms with E-state index in [9.17, 15) is 4.79 Å². The summed E-state index contributed by atoms with van der Waals surface area (Å²) in [5, 5.41) is 0.147. The van der Waals surface area contributed by atoms with Crippen molar-refractivity contribution < 1.29 is 4.79 Å². The Kier molecular flexibility index (Phi) is 6.71. The lowest BCUT2D eigenvalue weighted by molar-refractivity contribution is 0.0999. The maximum absolute atomic E-state index is 11.3. The Morgan fingerprint density at radius 2 is 2.05 bits per heavy atom. The van der Waals surface area contributed by atoms with Crippen LogP contribution in [0.2, 0.25) is 0 Å². The van der Waals surface area contributed by atoms with Gasteiger partial charge >= 0.3 is 0 Å². The summed E-state index contributed by atoms with van der Waals surface area (Å²) in [5.74, 6) is -0.410. The molecule has 0 saturated carbocycles. The van der Waals surface area contributed by atoms with Gasteiger partial charge in [-0.15, -0.1) is 11.6 Å². The average Bonchev–Trinajstić information content (AvgIpc) is 2.36. The van der Waals surface area contributed by atoms with Gasteiger partial charge in [0.15, 0.2) is 0 Å². The minimum absolute atomic E-state index is 0.147. The van der Waals surface area contributed by atoms with Crippen LogP contribution in [0.5, 0.6) is 0 Å². The van der Waals surface area contributed by atoms with E-state index in [1.807, 2.05) is 6.07 Å². The van der Waals surface area contributed by atoms with Crippen molar-refractivity contribution in [2.45, 2.75) is 50.8 Å². The molecule has 1 unspecified atom stereocenters. The SMILES string of the molecule is CCCCCC(Cl)CCc1cc(N)ccc1C(N)=O. The number of primary amides is 1. The lowest BCUT2D eigenvalue weighted by Gasteiger charge is -2.11. The lowest BCUT2D eigenvalue weighted by atomic mass is 9.99. The van der Waals surface area contributed by atoms with Crippen molar-refractivity contribution in [3.05, 3.63) is 29.3 Å². The van der Waals surface area contributed by atoms with Crippen LogP contribution in [0.1, 0.15) is 54.9 Å². The van der Waals surface area contributed by atoms with Crippen LogP contribution in [0.15, 0.2) is 18.2 Å². The summed E-state index contributed by atoms with van der Waals surface area (Å²) >= 11 is 6.29. The van der Waals surface area contributed by atoms with Gasteiger partial charge in [0.2, 0.25) is 5.91 Å². The van der Waals surface area contributed by atoms with Gasteiger partial charge < -0.3 is 11.5 Å². The number of nitrogens with two attached hydrogens (primary N) is 2. The highest BCUT2D eigenvalue weighted by molar-refractivity contribution is 6.20.